The van der Waals surface area contributed by atoms with E-state index in [0.29, 0.717) is 6.61 Å². The number of carbonyl (C=O) groups is 1. The molecule has 1 aliphatic heterocycles. The Balaban J connectivity index is 2.18. The predicted octanol–water partition coefficient (Wildman–Crippen LogP) is 0.707. The highest BCUT2D eigenvalue weighted by Gasteiger charge is 2.23. The Morgan fingerprint density at radius 3 is 3.07 bits per heavy atom. The van der Waals surface area contributed by atoms with Gasteiger partial charge in [-0.05, 0) is 26.7 Å². The molecule has 0 saturated carbocycles. The molecule has 0 aromatic heterocycles. The molecule has 1 amide bonds. The Hall–Kier alpha value is -0.610. The summed E-state index contributed by atoms with van der Waals surface area (Å²) in [6.07, 6.45) is 2.31. The van der Waals surface area contributed by atoms with Crippen molar-refractivity contribution in [2.24, 2.45) is 0 Å². The van der Waals surface area contributed by atoms with Gasteiger partial charge in [0.2, 0.25) is 5.91 Å². The summed E-state index contributed by atoms with van der Waals surface area (Å²) < 4.78 is 10.5. The maximum atomic E-state index is 11.3. The first-order valence-corrected chi connectivity index (χ1v) is 5.22. The number of ether oxygens (including phenoxy) is 2. The van der Waals surface area contributed by atoms with Crippen molar-refractivity contribution in [3.8, 4) is 0 Å². The molecular weight excluding hydrogens is 182 g/mol. The summed E-state index contributed by atoms with van der Waals surface area (Å²) >= 11 is 0. The fourth-order valence-corrected chi connectivity index (χ4v) is 1.58. The summed E-state index contributed by atoms with van der Waals surface area (Å²) in [6, 6.07) is 0.0884. The first kappa shape index (κ1) is 11.5. The van der Waals surface area contributed by atoms with Crippen LogP contribution in [0.15, 0.2) is 0 Å². The van der Waals surface area contributed by atoms with E-state index in [1.54, 1.807) is 0 Å². The third-order valence-corrected chi connectivity index (χ3v) is 2.35. The van der Waals surface area contributed by atoms with Crippen LogP contribution >= 0.6 is 0 Å². The zero-order valence-electron chi connectivity index (χ0n) is 8.91. The van der Waals surface area contributed by atoms with Gasteiger partial charge in [-0.15, -0.1) is 0 Å². The van der Waals surface area contributed by atoms with Crippen LogP contribution < -0.4 is 5.32 Å². The van der Waals surface area contributed by atoms with Crippen molar-refractivity contribution in [3.05, 3.63) is 0 Å². The maximum Gasteiger partial charge on any atom is 0.246 e. The van der Waals surface area contributed by atoms with Gasteiger partial charge in [0.15, 0.2) is 0 Å². The second-order valence-corrected chi connectivity index (χ2v) is 3.54. The third kappa shape index (κ3) is 3.64. The standard InChI is InChI=1S/C10H19NO3/c1-3-13-7-10(12)11-8(2)9-5-4-6-14-9/h8-9H,3-7H2,1-2H3,(H,11,12). The van der Waals surface area contributed by atoms with Crippen LogP contribution in [0, 0.1) is 0 Å². The zero-order chi connectivity index (χ0) is 10.4. The van der Waals surface area contributed by atoms with Crippen molar-refractivity contribution < 1.29 is 14.3 Å². The molecule has 0 aromatic carbocycles. The van der Waals surface area contributed by atoms with Crippen LogP contribution in [0.2, 0.25) is 0 Å². The molecule has 4 nitrogen and oxygen atoms in total. The molecule has 0 spiro atoms. The molecule has 14 heavy (non-hydrogen) atoms. The van der Waals surface area contributed by atoms with Gasteiger partial charge in [-0.2, -0.15) is 0 Å². The van der Waals surface area contributed by atoms with Crippen LogP contribution in [0.25, 0.3) is 0 Å². The number of nitrogens with one attached hydrogen (secondary N) is 1. The van der Waals surface area contributed by atoms with Crippen LogP contribution in [0.5, 0.6) is 0 Å². The molecule has 0 radical (unpaired) electrons. The summed E-state index contributed by atoms with van der Waals surface area (Å²) in [5.41, 5.74) is 0. The molecule has 4 heteroatoms. The summed E-state index contributed by atoms with van der Waals surface area (Å²) in [5.74, 6) is -0.0603. The molecule has 2 unspecified atom stereocenters. The average Bonchev–Trinajstić information content (AvgIpc) is 2.67. The van der Waals surface area contributed by atoms with Gasteiger partial charge in [-0.1, -0.05) is 0 Å². The molecule has 0 aliphatic carbocycles. The van der Waals surface area contributed by atoms with E-state index in [-0.39, 0.29) is 24.7 Å². The van der Waals surface area contributed by atoms with E-state index in [2.05, 4.69) is 5.32 Å². The monoisotopic (exact) mass is 201 g/mol. The molecule has 2 atom stereocenters. The molecule has 1 rings (SSSR count). The van der Waals surface area contributed by atoms with Crippen molar-refractivity contribution in [3.63, 3.8) is 0 Å². The number of amides is 1. The van der Waals surface area contributed by atoms with Gasteiger partial charge in [0.05, 0.1) is 12.1 Å². The molecule has 1 saturated heterocycles. The van der Waals surface area contributed by atoms with E-state index in [1.807, 2.05) is 13.8 Å². The lowest BCUT2D eigenvalue weighted by atomic mass is 10.1. The van der Waals surface area contributed by atoms with E-state index in [1.165, 1.54) is 0 Å². The Bertz CT molecular complexity index is 178. The summed E-state index contributed by atoms with van der Waals surface area (Å²) in [5, 5.41) is 2.87. The van der Waals surface area contributed by atoms with E-state index < -0.39 is 0 Å². The highest BCUT2D eigenvalue weighted by atomic mass is 16.5. The molecular formula is C10H19NO3. The van der Waals surface area contributed by atoms with Gasteiger partial charge >= 0.3 is 0 Å². The minimum atomic E-state index is -0.0603. The predicted molar refractivity (Wildman–Crippen MR) is 53.1 cm³/mol. The second-order valence-electron chi connectivity index (χ2n) is 3.54. The van der Waals surface area contributed by atoms with Crippen molar-refractivity contribution in [2.75, 3.05) is 19.8 Å². The number of rotatable bonds is 5. The maximum absolute atomic E-state index is 11.3. The Labute approximate surface area is 85.0 Å². The van der Waals surface area contributed by atoms with E-state index in [0.717, 1.165) is 19.4 Å². The third-order valence-electron chi connectivity index (χ3n) is 2.35. The highest BCUT2D eigenvalue weighted by Crippen LogP contribution is 2.15. The molecule has 1 aliphatic rings. The number of carbonyl (C=O) groups excluding carboxylic acids is 1. The van der Waals surface area contributed by atoms with Crippen molar-refractivity contribution in [1.29, 1.82) is 0 Å². The topological polar surface area (TPSA) is 47.6 Å². The molecule has 0 aromatic rings. The lowest BCUT2D eigenvalue weighted by Crippen LogP contribution is -2.42. The summed E-state index contributed by atoms with van der Waals surface area (Å²) in [6.45, 7) is 5.38. The lowest BCUT2D eigenvalue weighted by Gasteiger charge is -2.19. The van der Waals surface area contributed by atoms with Gasteiger partial charge in [-0.3, -0.25) is 4.79 Å². The van der Waals surface area contributed by atoms with Gasteiger partial charge in [0.1, 0.15) is 6.61 Å². The van der Waals surface area contributed by atoms with Crippen LogP contribution in [0.4, 0.5) is 0 Å². The zero-order valence-corrected chi connectivity index (χ0v) is 8.91. The van der Waals surface area contributed by atoms with Gasteiger partial charge in [0, 0.05) is 13.2 Å². The fraction of sp³-hybridized carbons (Fsp3) is 0.900. The van der Waals surface area contributed by atoms with Crippen molar-refractivity contribution in [2.45, 2.75) is 38.8 Å². The number of hydrogen-bond donors (Lipinski definition) is 1. The van der Waals surface area contributed by atoms with Crippen LogP contribution in [-0.4, -0.2) is 37.9 Å². The largest absolute Gasteiger partial charge is 0.376 e. The quantitative estimate of drug-likeness (QED) is 0.712. The normalized spacial score (nSPS) is 23.4. The molecule has 1 heterocycles. The van der Waals surface area contributed by atoms with E-state index in [4.69, 9.17) is 9.47 Å². The Morgan fingerprint density at radius 2 is 2.50 bits per heavy atom. The van der Waals surface area contributed by atoms with E-state index in [9.17, 15) is 4.79 Å². The van der Waals surface area contributed by atoms with Gasteiger partial charge in [0.25, 0.3) is 0 Å². The molecule has 0 bridgehead atoms. The Kier molecular flexibility index (Phi) is 4.90. The molecule has 1 N–H and O–H groups in total. The Morgan fingerprint density at radius 1 is 1.71 bits per heavy atom. The first-order valence-electron chi connectivity index (χ1n) is 5.22. The van der Waals surface area contributed by atoms with Crippen molar-refractivity contribution in [1.82, 2.24) is 5.32 Å². The van der Waals surface area contributed by atoms with Crippen LogP contribution in [0.3, 0.4) is 0 Å². The SMILES string of the molecule is CCOCC(=O)NC(C)C1CCCO1. The summed E-state index contributed by atoms with van der Waals surface area (Å²) in [7, 11) is 0. The fourth-order valence-electron chi connectivity index (χ4n) is 1.58. The van der Waals surface area contributed by atoms with Crippen molar-refractivity contribution >= 4 is 5.91 Å². The minimum absolute atomic E-state index is 0.0603. The lowest BCUT2D eigenvalue weighted by molar-refractivity contribution is -0.127. The second kappa shape index (κ2) is 5.98. The molecule has 1 fully saturated rings. The molecule has 82 valence electrons. The van der Waals surface area contributed by atoms with Crippen LogP contribution in [0.1, 0.15) is 26.7 Å². The first-order chi connectivity index (χ1) is 6.74. The summed E-state index contributed by atoms with van der Waals surface area (Å²) in [4.78, 5) is 11.3. The van der Waals surface area contributed by atoms with E-state index >= 15 is 0 Å². The smallest absolute Gasteiger partial charge is 0.246 e. The van der Waals surface area contributed by atoms with Gasteiger partial charge < -0.3 is 14.8 Å². The average molecular weight is 201 g/mol. The highest BCUT2D eigenvalue weighted by molar-refractivity contribution is 5.77. The van der Waals surface area contributed by atoms with Gasteiger partial charge in [-0.25, -0.2) is 0 Å². The number of hydrogen-bond acceptors (Lipinski definition) is 3. The van der Waals surface area contributed by atoms with Crippen LogP contribution in [-0.2, 0) is 14.3 Å². The minimum Gasteiger partial charge on any atom is -0.376 e.